The lowest BCUT2D eigenvalue weighted by molar-refractivity contribution is 0.361. The maximum atomic E-state index is 13.0. The van der Waals surface area contributed by atoms with Gasteiger partial charge < -0.3 is 8.98 Å². The van der Waals surface area contributed by atoms with Crippen molar-refractivity contribution in [2.24, 2.45) is 14.1 Å². The first kappa shape index (κ1) is 18.4. The van der Waals surface area contributed by atoms with Gasteiger partial charge in [0.2, 0.25) is 15.9 Å². The Bertz CT molecular complexity index is 1270. The van der Waals surface area contributed by atoms with Crippen LogP contribution in [-0.4, -0.2) is 33.4 Å². The predicted octanol–water partition coefficient (Wildman–Crippen LogP) is 0.486. The lowest BCUT2D eigenvalue weighted by Crippen LogP contribution is -2.43. The minimum atomic E-state index is -4.09. The van der Waals surface area contributed by atoms with Crippen LogP contribution in [0.15, 0.2) is 55.4 Å². The molecule has 3 aromatic rings. The van der Waals surface area contributed by atoms with Crippen LogP contribution in [0.3, 0.4) is 0 Å². The van der Waals surface area contributed by atoms with Gasteiger partial charge in [0.15, 0.2) is 4.90 Å². The Morgan fingerprint density at radius 2 is 1.82 bits per heavy atom. The molecule has 10 heteroatoms. The predicted molar refractivity (Wildman–Crippen MR) is 100 cm³/mol. The van der Waals surface area contributed by atoms with E-state index in [9.17, 15) is 18.0 Å². The van der Waals surface area contributed by atoms with Gasteiger partial charge in [0.25, 0.3) is 5.56 Å². The fraction of sp³-hybridized carbons (Fsp3) is 0.278. The summed E-state index contributed by atoms with van der Waals surface area (Å²) in [4.78, 5) is 28.2. The van der Waals surface area contributed by atoms with Crippen LogP contribution >= 0.6 is 0 Å². The Hall–Kier alpha value is -2.98. The van der Waals surface area contributed by atoms with Gasteiger partial charge in [0.05, 0.1) is 12.2 Å². The fourth-order valence-electron chi connectivity index (χ4n) is 3.18. The Balaban J connectivity index is 1.71. The highest BCUT2D eigenvalue weighted by molar-refractivity contribution is 7.89. The summed E-state index contributed by atoms with van der Waals surface area (Å²) in [6.45, 7) is 0.157. The molecule has 146 valence electrons. The number of oxazole rings is 1. The molecule has 0 fully saturated rings. The Morgan fingerprint density at radius 3 is 2.54 bits per heavy atom. The molecule has 0 saturated heterocycles. The van der Waals surface area contributed by atoms with Crippen molar-refractivity contribution in [2.75, 3.05) is 6.54 Å². The van der Waals surface area contributed by atoms with E-state index >= 15 is 0 Å². The lowest BCUT2D eigenvalue weighted by Gasteiger charge is -2.24. The zero-order valence-corrected chi connectivity index (χ0v) is 16.1. The molecule has 1 aromatic carbocycles. The zero-order chi connectivity index (χ0) is 20.1. The van der Waals surface area contributed by atoms with E-state index in [0.29, 0.717) is 23.8 Å². The quantitative estimate of drug-likeness (QED) is 0.631. The highest BCUT2D eigenvalue weighted by Crippen LogP contribution is 2.28. The number of aryl methyl sites for hydroxylation is 1. The first-order valence-electron chi connectivity index (χ1n) is 8.60. The van der Waals surface area contributed by atoms with Gasteiger partial charge in [0, 0.05) is 38.8 Å². The van der Waals surface area contributed by atoms with Crippen LogP contribution in [0.2, 0.25) is 0 Å². The topological polar surface area (TPSA) is 107 Å². The van der Waals surface area contributed by atoms with Crippen molar-refractivity contribution >= 4 is 10.0 Å². The van der Waals surface area contributed by atoms with Gasteiger partial charge in [0.1, 0.15) is 5.76 Å². The summed E-state index contributed by atoms with van der Waals surface area (Å²) < 4.78 is 34.9. The number of hydrogen-bond donors (Lipinski definition) is 0. The average molecular weight is 402 g/mol. The molecule has 28 heavy (non-hydrogen) atoms. The van der Waals surface area contributed by atoms with Crippen LogP contribution in [-0.2, 0) is 37.1 Å². The normalized spacial score (nSPS) is 14.8. The van der Waals surface area contributed by atoms with E-state index in [1.165, 1.54) is 18.4 Å². The first-order chi connectivity index (χ1) is 13.3. The van der Waals surface area contributed by atoms with E-state index in [1.807, 2.05) is 30.3 Å². The summed E-state index contributed by atoms with van der Waals surface area (Å²) in [6, 6.07) is 9.34. The summed E-state index contributed by atoms with van der Waals surface area (Å²) in [7, 11) is -1.44. The number of sulfonamides is 1. The number of hydrogen-bond acceptors (Lipinski definition) is 6. The molecule has 0 saturated carbocycles. The number of aromatic nitrogens is 3. The third-order valence-electron chi connectivity index (χ3n) is 4.75. The zero-order valence-electron chi connectivity index (χ0n) is 15.3. The van der Waals surface area contributed by atoms with E-state index in [-0.39, 0.29) is 13.1 Å². The fourth-order valence-corrected chi connectivity index (χ4v) is 4.73. The molecule has 0 N–H and O–H groups in total. The molecule has 4 rings (SSSR count). The number of nitrogens with zero attached hydrogens (tertiary/aromatic N) is 4. The standard InChI is InChI=1S/C18H18N4O5S/c1-20-11-15(17(23)21(2)18(20)24)28(25,26)22-9-8-14-13(10-22)19-16(27-14)12-6-4-3-5-7-12/h3-7,11H,8-10H2,1-2H3. The van der Waals surface area contributed by atoms with Crippen LogP contribution in [0.1, 0.15) is 11.5 Å². The van der Waals surface area contributed by atoms with Crippen LogP contribution in [0.4, 0.5) is 0 Å². The maximum absolute atomic E-state index is 13.0. The van der Waals surface area contributed by atoms with Gasteiger partial charge in [-0.1, -0.05) is 18.2 Å². The minimum absolute atomic E-state index is 0.00000472. The van der Waals surface area contributed by atoms with E-state index in [4.69, 9.17) is 4.42 Å². The second kappa shape index (κ2) is 6.57. The molecule has 0 spiro atoms. The molecule has 2 aromatic heterocycles. The summed E-state index contributed by atoms with van der Waals surface area (Å²) >= 11 is 0. The molecule has 1 aliphatic rings. The highest BCUT2D eigenvalue weighted by atomic mass is 32.2. The third-order valence-corrected chi connectivity index (χ3v) is 6.57. The smallest absolute Gasteiger partial charge is 0.330 e. The van der Waals surface area contributed by atoms with E-state index in [2.05, 4.69) is 4.98 Å². The first-order valence-corrected chi connectivity index (χ1v) is 10.0. The SMILES string of the molecule is Cn1cc(S(=O)(=O)N2CCc3oc(-c4ccccc4)nc3C2)c(=O)n(C)c1=O. The number of benzene rings is 1. The summed E-state index contributed by atoms with van der Waals surface area (Å²) in [5, 5.41) is 0. The molecule has 0 amide bonds. The van der Waals surface area contributed by atoms with Crippen molar-refractivity contribution in [3.05, 3.63) is 68.8 Å². The van der Waals surface area contributed by atoms with Crippen molar-refractivity contribution in [1.82, 2.24) is 18.4 Å². The summed E-state index contributed by atoms with van der Waals surface area (Å²) in [5.41, 5.74) is -0.110. The second-order valence-electron chi connectivity index (χ2n) is 6.59. The van der Waals surface area contributed by atoms with Gasteiger partial charge >= 0.3 is 5.69 Å². The molecule has 1 aliphatic heterocycles. The molecular formula is C18H18N4O5S. The Kier molecular flexibility index (Phi) is 4.31. The Labute approximate surface area is 160 Å². The van der Waals surface area contributed by atoms with Crippen LogP contribution in [0.5, 0.6) is 0 Å². The summed E-state index contributed by atoms with van der Waals surface area (Å²) in [5.74, 6) is 1.07. The molecule has 9 nitrogen and oxygen atoms in total. The van der Waals surface area contributed by atoms with Gasteiger partial charge in [-0.15, -0.1) is 0 Å². The Morgan fingerprint density at radius 1 is 1.11 bits per heavy atom. The third kappa shape index (κ3) is 2.90. The van der Waals surface area contributed by atoms with Crippen LogP contribution in [0.25, 0.3) is 11.5 Å². The van der Waals surface area contributed by atoms with Crippen LogP contribution < -0.4 is 11.2 Å². The monoisotopic (exact) mass is 402 g/mol. The van der Waals surface area contributed by atoms with Crippen LogP contribution in [0, 0.1) is 0 Å². The van der Waals surface area contributed by atoms with Gasteiger partial charge in [-0.3, -0.25) is 9.36 Å². The van der Waals surface area contributed by atoms with E-state index in [1.54, 1.807) is 0 Å². The number of rotatable bonds is 3. The van der Waals surface area contributed by atoms with Crippen molar-refractivity contribution in [1.29, 1.82) is 0 Å². The molecule has 0 radical (unpaired) electrons. The highest BCUT2D eigenvalue weighted by Gasteiger charge is 2.34. The van der Waals surface area contributed by atoms with Crippen molar-refractivity contribution in [2.45, 2.75) is 17.9 Å². The van der Waals surface area contributed by atoms with Gasteiger partial charge in [-0.25, -0.2) is 18.2 Å². The summed E-state index contributed by atoms with van der Waals surface area (Å²) in [6.07, 6.45) is 1.41. The van der Waals surface area contributed by atoms with Crippen molar-refractivity contribution in [3.8, 4) is 11.5 Å². The largest absolute Gasteiger partial charge is 0.441 e. The molecule has 0 unspecified atom stereocenters. The van der Waals surface area contributed by atoms with Gasteiger partial charge in [-0.2, -0.15) is 4.31 Å². The van der Waals surface area contributed by atoms with Gasteiger partial charge in [-0.05, 0) is 12.1 Å². The molecule has 0 bridgehead atoms. The van der Waals surface area contributed by atoms with Crippen molar-refractivity contribution < 1.29 is 12.8 Å². The molecular weight excluding hydrogens is 384 g/mol. The second-order valence-corrected chi connectivity index (χ2v) is 8.50. The minimum Gasteiger partial charge on any atom is -0.441 e. The van der Waals surface area contributed by atoms with E-state index < -0.39 is 26.2 Å². The molecule has 0 aliphatic carbocycles. The number of fused-ring (bicyclic) bond motifs is 1. The average Bonchev–Trinajstić information content (AvgIpc) is 3.13. The maximum Gasteiger partial charge on any atom is 0.330 e. The van der Waals surface area contributed by atoms with Crippen molar-refractivity contribution in [3.63, 3.8) is 0 Å². The van der Waals surface area contributed by atoms with E-state index in [0.717, 1.165) is 20.9 Å². The molecule has 3 heterocycles. The molecule has 0 atom stereocenters. The lowest BCUT2D eigenvalue weighted by atomic mass is 10.2.